The quantitative estimate of drug-likeness (QED) is 0.796. The highest BCUT2D eigenvalue weighted by Gasteiger charge is 2.36. The zero-order valence-electron chi connectivity index (χ0n) is 14.4. The van der Waals surface area contributed by atoms with Crippen LogP contribution in [0.5, 0.6) is 0 Å². The first-order valence-electron chi connectivity index (χ1n) is 8.77. The smallest absolute Gasteiger partial charge is 0.230 e. The minimum Gasteiger partial charge on any atom is -0.355 e. The van der Waals surface area contributed by atoms with Gasteiger partial charge < -0.3 is 10.6 Å². The van der Waals surface area contributed by atoms with E-state index in [0.717, 1.165) is 44.5 Å². The number of amides is 1. The molecule has 1 unspecified atom stereocenters. The Labute approximate surface area is 147 Å². The Morgan fingerprint density at radius 2 is 1.96 bits per heavy atom. The Bertz CT molecular complexity index is 454. The maximum absolute atomic E-state index is 12.8. The Morgan fingerprint density at radius 3 is 2.52 bits per heavy atom. The van der Waals surface area contributed by atoms with Crippen molar-refractivity contribution in [3.8, 4) is 0 Å². The number of hydrogen-bond donors (Lipinski definition) is 2. The fourth-order valence-corrected chi connectivity index (χ4v) is 3.60. The minimum absolute atomic E-state index is 0. The lowest BCUT2D eigenvalue weighted by Crippen LogP contribution is -2.44. The molecule has 0 bridgehead atoms. The molecule has 1 aromatic rings. The molecule has 1 atom stereocenters. The molecule has 0 saturated carbocycles. The first-order chi connectivity index (χ1) is 10.7. The normalized spacial score (nSPS) is 18.1. The standard InChI is InChI=1S/C19H30N2O.ClH/c1-3-19(4-2,17-10-6-5-7-11-17)18(22)21-14-12-16-9-8-13-20-15-16;/h5-7,10-11,16,20H,3-4,8-9,12-15H2,1-2H3,(H,21,22);1H. The van der Waals surface area contributed by atoms with Crippen LogP contribution in [0.15, 0.2) is 30.3 Å². The predicted octanol–water partition coefficient (Wildman–Crippen LogP) is 3.67. The van der Waals surface area contributed by atoms with Gasteiger partial charge in [0.25, 0.3) is 0 Å². The van der Waals surface area contributed by atoms with E-state index in [2.05, 4.69) is 36.6 Å². The second-order valence-corrected chi connectivity index (χ2v) is 6.41. The SMILES string of the molecule is CCC(CC)(C(=O)NCCC1CCCNC1)c1ccccc1.Cl. The molecule has 130 valence electrons. The fraction of sp³-hybridized carbons (Fsp3) is 0.632. The summed E-state index contributed by atoms with van der Waals surface area (Å²) in [6.45, 7) is 7.26. The van der Waals surface area contributed by atoms with Crippen LogP contribution >= 0.6 is 12.4 Å². The summed E-state index contributed by atoms with van der Waals surface area (Å²) in [6.07, 6.45) is 5.30. The van der Waals surface area contributed by atoms with Crippen molar-refractivity contribution in [3.05, 3.63) is 35.9 Å². The van der Waals surface area contributed by atoms with E-state index < -0.39 is 0 Å². The van der Waals surface area contributed by atoms with Gasteiger partial charge in [-0.25, -0.2) is 0 Å². The topological polar surface area (TPSA) is 41.1 Å². The van der Waals surface area contributed by atoms with E-state index in [1.165, 1.54) is 12.8 Å². The van der Waals surface area contributed by atoms with Crippen molar-refractivity contribution in [1.29, 1.82) is 0 Å². The largest absolute Gasteiger partial charge is 0.355 e. The van der Waals surface area contributed by atoms with Crippen LogP contribution in [0, 0.1) is 5.92 Å². The number of benzene rings is 1. The van der Waals surface area contributed by atoms with Gasteiger partial charge in [-0.15, -0.1) is 12.4 Å². The van der Waals surface area contributed by atoms with Crippen LogP contribution in [-0.2, 0) is 10.2 Å². The van der Waals surface area contributed by atoms with Gasteiger partial charge in [0.2, 0.25) is 5.91 Å². The van der Waals surface area contributed by atoms with E-state index in [-0.39, 0.29) is 23.7 Å². The lowest BCUT2D eigenvalue weighted by Gasteiger charge is -2.31. The number of hydrogen-bond acceptors (Lipinski definition) is 2. The van der Waals surface area contributed by atoms with E-state index in [4.69, 9.17) is 0 Å². The number of rotatable bonds is 7. The monoisotopic (exact) mass is 338 g/mol. The first-order valence-corrected chi connectivity index (χ1v) is 8.77. The van der Waals surface area contributed by atoms with Crippen LogP contribution in [0.1, 0.15) is 51.5 Å². The zero-order valence-corrected chi connectivity index (χ0v) is 15.3. The highest BCUT2D eigenvalue weighted by Crippen LogP contribution is 2.31. The van der Waals surface area contributed by atoms with E-state index in [0.29, 0.717) is 5.92 Å². The van der Waals surface area contributed by atoms with Crippen LogP contribution in [0.3, 0.4) is 0 Å². The van der Waals surface area contributed by atoms with Gasteiger partial charge >= 0.3 is 0 Å². The minimum atomic E-state index is -0.383. The predicted molar refractivity (Wildman–Crippen MR) is 99.2 cm³/mol. The molecule has 4 heteroatoms. The summed E-state index contributed by atoms with van der Waals surface area (Å²) < 4.78 is 0. The molecular weight excluding hydrogens is 308 g/mol. The van der Waals surface area contributed by atoms with Gasteiger partial charge in [0, 0.05) is 6.54 Å². The Hall–Kier alpha value is -1.06. The highest BCUT2D eigenvalue weighted by atomic mass is 35.5. The van der Waals surface area contributed by atoms with Gasteiger partial charge in [0.05, 0.1) is 5.41 Å². The summed E-state index contributed by atoms with van der Waals surface area (Å²) >= 11 is 0. The fourth-order valence-electron chi connectivity index (χ4n) is 3.60. The molecule has 0 spiro atoms. The molecule has 1 aromatic carbocycles. The average molecular weight is 339 g/mol. The molecule has 0 radical (unpaired) electrons. The van der Waals surface area contributed by atoms with Crippen LogP contribution in [0.2, 0.25) is 0 Å². The average Bonchev–Trinajstić information content (AvgIpc) is 2.58. The molecule has 1 aliphatic rings. The van der Waals surface area contributed by atoms with Crippen molar-refractivity contribution in [2.45, 2.75) is 51.4 Å². The lowest BCUT2D eigenvalue weighted by molar-refractivity contribution is -0.127. The number of piperidine rings is 1. The number of carbonyl (C=O) groups is 1. The Balaban J connectivity index is 0.00000264. The highest BCUT2D eigenvalue weighted by molar-refractivity contribution is 5.88. The van der Waals surface area contributed by atoms with Crippen molar-refractivity contribution in [3.63, 3.8) is 0 Å². The van der Waals surface area contributed by atoms with Crippen molar-refractivity contribution in [2.75, 3.05) is 19.6 Å². The Kier molecular flexibility index (Phi) is 8.64. The number of nitrogens with one attached hydrogen (secondary N) is 2. The second kappa shape index (κ2) is 9.94. The van der Waals surface area contributed by atoms with E-state index in [1.54, 1.807) is 0 Å². The summed E-state index contributed by atoms with van der Waals surface area (Å²) in [7, 11) is 0. The van der Waals surface area contributed by atoms with E-state index >= 15 is 0 Å². The third-order valence-electron chi connectivity index (χ3n) is 5.21. The molecule has 23 heavy (non-hydrogen) atoms. The molecule has 1 saturated heterocycles. The van der Waals surface area contributed by atoms with Crippen molar-refractivity contribution in [2.24, 2.45) is 5.92 Å². The molecule has 2 N–H and O–H groups in total. The summed E-state index contributed by atoms with van der Waals surface area (Å²) in [4.78, 5) is 12.8. The van der Waals surface area contributed by atoms with Gasteiger partial charge in [-0.2, -0.15) is 0 Å². The van der Waals surface area contributed by atoms with Crippen LogP contribution < -0.4 is 10.6 Å². The summed E-state index contributed by atoms with van der Waals surface area (Å²) in [5.74, 6) is 0.899. The van der Waals surface area contributed by atoms with Crippen LogP contribution in [-0.4, -0.2) is 25.5 Å². The van der Waals surface area contributed by atoms with Gasteiger partial charge in [0.15, 0.2) is 0 Å². The van der Waals surface area contributed by atoms with Gasteiger partial charge in [-0.05, 0) is 56.7 Å². The molecule has 1 amide bonds. The molecule has 1 heterocycles. The summed E-state index contributed by atoms with van der Waals surface area (Å²) in [6, 6.07) is 10.2. The molecule has 0 aromatic heterocycles. The van der Waals surface area contributed by atoms with Crippen molar-refractivity contribution < 1.29 is 4.79 Å². The molecule has 1 fully saturated rings. The van der Waals surface area contributed by atoms with Gasteiger partial charge in [0.1, 0.15) is 0 Å². The summed E-state index contributed by atoms with van der Waals surface area (Å²) in [5.41, 5.74) is 0.753. The van der Waals surface area contributed by atoms with Crippen molar-refractivity contribution >= 4 is 18.3 Å². The van der Waals surface area contributed by atoms with Gasteiger partial charge in [-0.3, -0.25) is 4.79 Å². The number of halogens is 1. The molecular formula is C19H31ClN2O. The van der Waals surface area contributed by atoms with Crippen molar-refractivity contribution in [1.82, 2.24) is 10.6 Å². The van der Waals surface area contributed by atoms with E-state index in [9.17, 15) is 4.79 Å². The summed E-state index contributed by atoms with van der Waals surface area (Å²) in [5, 5.41) is 6.64. The van der Waals surface area contributed by atoms with Crippen LogP contribution in [0.25, 0.3) is 0 Å². The van der Waals surface area contributed by atoms with E-state index in [1.807, 2.05) is 18.2 Å². The number of carbonyl (C=O) groups excluding carboxylic acids is 1. The Morgan fingerprint density at radius 1 is 1.26 bits per heavy atom. The van der Waals surface area contributed by atoms with Crippen LogP contribution in [0.4, 0.5) is 0 Å². The first kappa shape index (κ1) is 20.0. The lowest BCUT2D eigenvalue weighted by atomic mass is 9.75. The maximum Gasteiger partial charge on any atom is 0.230 e. The molecule has 1 aliphatic heterocycles. The molecule has 0 aliphatic carbocycles. The second-order valence-electron chi connectivity index (χ2n) is 6.41. The molecule has 2 rings (SSSR count). The zero-order chi connectivity index (χ0) is 15.8. The third-order valence-corrected chi connectivity index (χ3v) is 5.21. The third kappa shape index (κ3) is 4.95. The van der Waals surface area contributed by atoms with Gasteiger partial charge in [-0.1, -0.05) is 44.2 Å². The maximum atomic E-state index is 12.8. The molecule has 3 nitrogen and oxygen atoms in total.